The first kappa shape index (κ1) is 32.7. The minimum absolute atomic E-state index is 0.199. The highest BCUT2D eigenvalue weighted by molar-refractivity contribution is 6.36. The van der Waals surface area contributed by atoms with E-state index in [0.29, 0.717) is 56.7 Å². The van der Waals surface area contributed by atoms with E-state index >= 15 is 0 Å². The van der Waals surface area contributed by atoms with Gasteiger partial charge < -0.3 is 24.2 Å². The number of benzene rings is 2. The number of fused-ring (bicyclic) bond motifs is 3. The fourth-order valence-corrected chi connectivity index (χ4v) is 8.45. The van der Waals surface area contributed by atoms with Crippen LogP contribution in [0.25, 0.3) is 10.8 Å². The maximum atomic E-state index is 14.6. The average molecular weight is 675 g/mol. The van der Waals surface area contributed by atoms with Crippen molar-refractivity contribution in [2.24, 2.45) is 0 Å². The Bertz CT molecular complexity index is 1740. The molecule has 5 heterocycles. The van der Waals surface area contributed by atoms with Gasteiger partial charge in [0.05, 0.1) is 41.3 Å². The Kier molecular flexibility index (Phi) is 8.80. The molecule has 1 aromatic heterocycles. The lowest BCUT2D eigenvalue weighted by atomic mass is 9.95. The zero-order valence-electron chi connectivity index (χ0n) is 28.1. The summed E-state index contributed by atoms with van der Waals surface area (Å²) < 4.78 is 26.8. The topological polar surface area (TPSA) is 85.2 Å². The monoisotopic (exact) mass is 674 g/mol. The molecule has 0 aliphatic carbocycles. The Morgan fingerprint density at radius 1 is 1.10 bits per heavy atom. The summed E-state index contributed by atoms with van der Waals surface area (Å²) in [5.41, 5.74) is 3.25. The lowest BCUT2D eigenvalue weighted by molar-refractivity contribution is 0.0145. The highest BCUT2D eigenvalue weighted by Gasteiger charge is 2.49. The number of pyridine rings is 1. The van der Waals surface area contributed by atoms with E-state index in [1.807, 2.05) is 39.0 Å². The Balaban J connectivity index is 1.21. The van der Waals surface area contributed by atoms with E-state index in [1.165, 1.54) is 0 Å². The van der Waals surface area contributed by atoms with Crippen LogP contribution in [0.2, 0.25) is 5.02 Å². The zero-order valence-corrected chi connectivity index (χ0v) is 28.8. The molecule has 9 nitrogen and oxygen atoms in total. The third-order valence-corrected chi connectivity index (χ3v) is 10.7. The number of carbonyl (C=O) groups is 1. The van der Waals surface area contributed by atoms with Crippen LogP contribution in [-0.2, 0) is 17.7 Å². The Hall–Kier alpha value is -3.81. The van der Waals surface area contributed by atoms with Crippen molar-refractivity contribution < 1.29 is 18.7 Å². The minimum atomic E-state index is -0.833. The van der Waals surface area contributed by atoms with Gasteiger partial charge in [0.1, 0.15) is 18.4 Å². The van der Waals surface area contributed by atoms with Crippen molar-refractivity contribution in [3.8, 4) is 11.9 Å². The van der Waals surface area contributed by atoms with Crippen molar-refractivity contribution in [2.75, 3.05) is 55.7 Å². The summed E-state index contributed by atoms with van der Waals surface area (Å²) in [7, 11) is 0. The van der Waals surface area contributed by atoms with Crippen LogP contribution in [0, 0.1) is 11.3 Å². The van der Waals surface area contributed by atoms with Gasteiger partial charge in [0, 0.05) is 67.5 Å². The maximum absolute atomic E-state index is 14.6. The fourth-order valence-electron chi connectivity index (χ4n) is 8.17. The van der Waals surface area contributed by atoms with Gasteiger partial charge in [-0.2, -0.15) is 5.26 Å². The number of carbonyl (C=O) groups excluding carboxylic acids is 1. The van der Waals surface area contributed by atoms with E-state index in [-0.39, 0.29) is 18.0 Å². The number of anilines is 2. The number of piperazine rings is 1. The number of nitrogens with zero attached hydrogens (tertiary/aromatic N) is 6. The minimum Gasteiger partial charge on any atom is -0.476 e. The summed E-state index contributed by atoms with van der Waals surface area (Å²) in [4.78, 5) is 26.8. The predicted molar refractivity (Wildman–Crippen MR) is 186 cm³/mol. The molecule has 3 atom stereocenters. The second kappa shape index (κ2) is 12.9. The van der Waals surface area contributed by atoms with Gasteiger partial charge in [-0.15, -0.1) is 0 Å². The zero-order chi connectivity index (χ0) is 33.6. The number of ether oxygens (including phenoxy) is 2. The standard InChI is InChI=1S/C37H44ClFN6O3/c1-36(2,3)48-35(46)45-18-17-43(22-27(45)11-14-40)32-19-33(47-24-37-13-6-15-44(37)21-26(39)20-37)41-30-23-42(16-12-28(30)32)31-10-5-8-25-7-4-9-29(38)34(25)31/h4-5,7-10,19,26-27H,6,11-13,15-18,20-24H2,1-3H3/t26-,27-,37+/m0/s1. The normalized spacial score (nSPS) is 24.4. The van der Waals surface area contributed by atoms with Crippen LogP contribution >= 0.6 is 11.6 Å². The summed E-state index contributed by atoms with van der Waals surface area (Å²) in [6.45, 7) is 10.2. The average Bonchev–Trinajstić information content (AvgIpc) is 3.58. The van der Waals surface area contributed by atoms with Gasteiger partial charge in [-0.05, 0) is 64.1 Å². The molecule has 3 saturated heterocycles. The smallest absolute Gasteiger partial charge is 0.410 e. The number of halogens is 2. The van der Waals surface area contributed by atoms with Gasteiger partial charge >= 0.3 is 6.09 Å². The van der Waals surface area contributed by atoms with Crippen LogP contribution in [0.3, 0.4) is 0 Å². The van der Waals surface area contributed by atoms with E-state index in [4.69, 9.17) is 26.1 Å². The molecule has 48 heavy (non-hydrogen) atoms. The molecule has 4 aliphatic rings. The van der Waals surface area contributed by atoms with Crippen molar-refractivity contribution in [3.63, 3.8) is 0 Å². The lowest BCUT2D eigenvalue weighted by Gasteiger charge is -2.43. The predicted octanol–water partition coefficient (Wildman–Crippen LogP) is 6.75. The number of amides is 1. The van der Waals surface area contributed by atoms with Crippen LogP contribution in [0.5, 0.6) is 5.88 Å². The Morgan fingerprint density at radius 2 is 1.92 bits per heavy atom. The molecule has 3 aromatic rings. The molecular weight excluding hydrogens is 631 g/mol. The van der Waals surface area contributed by atoms with Crippen molar-refractivity contribution in [3.05, 3.63) is 58.7 Å². The van der Waals surface area contributed by atoms with E-state index in [1.54, 1.807) is 4.90 Å². The fraction of sp³-hybridized carbons (Fsp3) is 0.541. The van der Waals surface area contributed by atoms with Gasteiger partial charge in [0.2, 0.25) is 5.88 Å². The first-order chi connectivity index (χ1) is 23.0. The molecule has 7 rings (SSSR count). The number of hydrogen-bond donors (Lipinski definition) is 0. The molecule has 1 amide bonds. The van der Waals surface area contributed by atoms with Crippen molar-refractivity contribution >= 4 is 39.8 Å². The van der Waals surface area contributed by atoms with Gasteiger partial charge in [0.25, 0.3) is 0 Å². The third-order valence-electron chi connectivity index (χ3n) is 10.3. The van der Waals surface area contributed by atoms with Gasteiger partial charge in [-0.25, -0.2) is 14.2 Å². The molecule has 2 aromatic carbocycles. The van der Waals surface area contributed by atoms with Crippen LogP contribution in [0.1, 0.15) is 57.7 Å². The summed E-state index contributed by atoms with van der Waals surface area (Å²) in [5, 5.41) is 12.6. The molecular formula is C37H44ClFN6O3. The molecule has 0 saturated carbocycles. The summed E-state index contributed by atoms with van der Waals surface area (Å²) in [6.07, 6.45) is 2.19. The molecule has 0 unspecified atom stereocenters. The first-order valence-electron chi connectivity index (χ1n) is 17.1. The van der Waals surface area contributed by atoms with E-state index in [0.717, 1.165) is 65.8 Å². The second-order valence-electron chi connectivity index (χ2n) is 14.7. The van der Waals surface area contributed by atoms with Crippen LogP contribution < -0.4 is 14.5 Å². The summed E-state index contributed by atoms with van der Waals surface area (Å²) >= 11 is 6.74. The van der Waals surface area contributed by atoms with Crippen molar-refractivity contribution in [1.29, 1.82) is 5.26 Å². The summed E-state index contributed by atoms with van der Waals surface area (Å²) in [6, 6.07) is 16.2. The number of rotatable bonds is 6. The number of nitriles is 1. The van der Waals surface area contributed by atoms with E-state index in [2.05, 4.69) is 45.0 Å². The quantitative estimate of drug-likeness (QED) is 0.284. The van der Waals surface area contributed by atoms with Crippen molar-refractivity contribution in [1.82, 2.24) is 14.8 Å². The van der Waals surface area contributed by atoms with Crippen LogP contribution in [0.15, 0.2) is 42.5 Å². The Labute approximate surface area is 287 Å². The van der Waals surface area contributed by atoms with Crippen LogP contribution in [-0.4, -0.2) is 90.1 Å². The highest BCUT2D eigenvalue weighted by Crippen LogP contribution is 2.42. The molecule has 0 radical (unpaired) electrons. The molecule has 0 N–H and O–H groups in total. The van der Waals surface area contributed by atoms with Crippen molar-refractivity contribution in [2.45, 2.75) is 82.8 Å². The van der Waals surface area contributed by atoms with Gasteiger partial charge in [0.15, 0.2) is 0 Å². The lowest BCUT2D eigenvalue weighted by Crippen LogP contribution is -2.56. The SMILES string of the molecule is CC(C)(C)OC(=O)N1CCN(c2cc(OC[C@]34CCCN3C[C@@H](F)C4)nc3c2CCN(c2cccc4cccc(Cl)c24)C3)C[C@@H]1CC#N. The number of hydrogen-bond acceptors (Lipinski definition) is 8. The van der Waals surface area contributed by atoms with Crippen LogP contribution in [0.4, 0.5) is 20.6 Å². The summed E-state index contributed by atoms with van der Waals surface area (Å²) in [5.74, 6) is 0.525. The van der Waals surface area contributed by atoms with Gasteiger partial charge in [-0.1, -0.05) is 35.9 Å². The number of alkyl halides is 1. The maximum Gasteiger partial charge on any atom is 0.410 e. The van der Waals surface area contributed by atoms with E-state index < -0.39 is 17.9 Å². The molecule has 11 heteroatoms. The highest BCUT2D eigenvalue weighted by atomic mass is 35.5. The molecule has 4 aliphatic heterocycles. The molecule has 0 spiro atoms. The second-order valence-corrected chi connectivity index (χ2v) is 15.1. The largest absolute Gasteiger partial charge is 0.476 e. The molecule has 0 bridgehead atoms. The molecule has 254 valence electrons. The Morgan fingerprint density at radius 3 is 2.71 bits per heavy atom. The molecule has 3 fully saturated rings. The van der Waals surface area contributed by atoms with Gasteiger partial charge in [-0.3, -0.25) is 4.90 Å². The van der Waals surface area contributed by atoms with E-state index in [9.17, 15) is 14.4 Å². The number of aromatic nitrogens is 1. The first-order valence-corrected chi connectivity index (χ1v) is 17.5. The third kappa shape index (κ3) is 6.35.